The molecule has 3 N–H and O–H groups in total. The minimum absolute atomic E-state index is 0. The Hall–Kier alpha value is -1.59. The van der Waals surface area contributed by atoms with Crippen molar-refractivity contribution in [2.24, 2.45) is 0 Å². The number of carbonyl (C=O) groups is 1. The Morgan fingerprint density at radius 3 is 3.05 bits per heavy atom. The summed E-state index contributed by atoms with van der Waals surface area (Å²) in [4.78, 5) is 12.2. The van der Waals surface area contributed by atoms with E-state index in [0.29, 0.717) is 12.5 Å². The summed E-state index contributed by atoms with van der Waals surface area (Å²) in [5.74, 6) is 0.0555. The molecule has 3 rings (SSSR count). The van der Waals surface area contributed by atoms with Crippen molar-refractivity contribution in [1.82, 2.24) is 20.8 Å². The summed E-state index contributed by atoms with van der Waals surface area (Å²) < 4.78 is 0. The highest BCUT2D eigenvalue weighted by Crippen LogP contribution is 2.16. The minimum Gasteiger partial charge on any atom is -0.351 e. The molecule has 1 aliphatic heterocycles. The molecular formula is C15H21ClN4O. The van der Waals surface area contributed by atoms with Gasteiger partial charge >= 0.3 is 0 Å². The van der Waals surface area contributed by atoms with Gasteiger partial charge in [0.2, 0.25) is 5.91 Å². The lowest BCUT2D eigenvalue weighted by Crippen LogP contribution is -2.52. The van der Waals surface area contributed by atoms with Gasteiger partial charge in [-0.3, -0.25) is 9.89 Å². The van der Waals surface area contributed by atoms with Gasteiger partial charge in [-0.05, 0) is 32.4 Å². The monoisotopic (exact) mass is 308 g/mol. The highest BCUT2D eigenvalue weighted by Gasteiger charge is 2.22. The average Bonchev–Trinajstić information content (AvgIpc) is 2.85. The molecule has 21 heavy (non-hydrogen) atoms. The van der Waals surface area contributed by atoms with Crippen molar-refractivity contribution in [2.75, 3.05) is 6.54 Å². The molecule has 114 valence electrons. The van der Waals surface area contributed by atoms with Gasteiger partial charge in [0, 0.05) is 17.5 Å². The van der Waals surface area contributed by atoms with E-state index in [1.165, 1.54) is 0 Å². The fourth-order valence-electron chi connectivity index (χ4n) is 2.81. The standard InChI is InChI=1S/C15H20N4O.ClH/c1-10-12(7-4-8-16-10)17-15(20)9-14-11-5-2-3-6-13(11)18-19-14;/h2-3,5-6,10,12,16H,4,7-9H2,1H3,(H,17,20)(H,18,19);1H. The first-order chi connectivity index (χ1) is 9.74. The van der Waals surface area contributed by atoms with Crippen molar-refractivity contribution in [3.05, 3.63) is 30.0 Å². The van der Waals surface area contributed by atoms with E-state index in [-0.39, 0.29) is 24.4 Å². The van der Waals surface area contributed by atoms with Crippen molar-refractivity contribution in [2.45, 2.75) is 38.3 Å². The van der Waals surface area contributed by atoms with Gasteiger partial charge in [0.15, 0.2) is 0 Å². The van der Waals surface area contributed by atoms with Crippen LogP contribution in [0.4, 0.5) is 0 Å². The van der Waals surface area contributed by atoms with Gasteiger partial charge in [-0.15, -0.1) is 12.4 Å². The van der Waals surface area contributed by atoms with Crippen LogP contribution in [0, 0.1) is 0 Å². The molecule has 2 unspecified atom stereocenters. The number of halogens is 1. The quantitative estimate of drug-likeness (QED) is 0.809. The number of para-hydroxylation sites is 1. The van der Waals surface area contributed by atoms with E-state index in [1.807, 2.05) is 24.3 Å². The maximum atomic E-state index is 12.2. The number of nitrogens with one attached hydrogen (secondary N) is 3. The van der Waals surface area contributed by atoms with E-state index in [4.69, 9.17) is 0 Å². The van der Waals surface area contributed by atoms with Crippen LogP contribution in [0.2, 0.25) is 0 Å². The van der Waals surface area contributed by atoms with E-state index >= 15 is 0 Å². The molecule has 2 atom stereocenters. The normalized spacial score (nSPS) is 21.8. The largest absolute Gasteiger partial charge is 0.351 e. The fourth-order valence-corrected chi connectivity index (χ4v) is 2.81. The summed E-state index contributed by atoms with van der Waals surface area (Å²) in [6.45, 7) is 3.16. The Balaban J connectivity index is 0.00000161. The topological polar surface area (TPSA) is 69.8 Å². The third-order valence-electron chi connectivity index (χ3n) is 3.99. The first kappa shape index (κ1) is 15.8. The Kier molecular flexibility index (Phi) is 5.20. The summed E-state index contributed by atoms with van der Waals surface area (Å²) in [5, 5.41) is 14.7. The zero-order valence-corrected chi connectivity index (χ0v) is 12.9. The lowest BCUT2D eigenvalue weighted by atomic mass is 9.99. The van der Waals surface area contributed by atoms with Crippen LogP contribution in [-0.4, -0.2) is 34.7 Å². The number of piperidine rings is 1. The van der Waals surface area contributed by atoms with Crippen LogP contribution in [0.15, 0.2) is 24.3 Å². The number of H-pyrrole nitrogens is 1. The third-order valence-corrected chi connectivity index (χ3v) is 3.99. The molecular weight excluding hydrogens is 288 g/mol. The predicted molar refractivity (Wildman–Crippen MR) is 85.7 cm³/mol. The predicted octanol–water partition coefficient (Wildman–Crippen LogP) is 1.78. The molecule has 0 radical (unpaired) electrons. The van der Waals surface area contributed by atoms with Gasteiger partial charge in [-0.2, -0.15) is 5.10 Å². The molecule has 0 saturated carbocycles. The van der Waals surface area contributed by atoms with Crippen molar-refractivity contribution >= 4 is 29.2 Å². The van der Waals surface area contributed by atoms with Crippen molar-refractivity contribution < 1.29 is 4.79 Å². The van der Waals surface area contributed by atoms with Crippen LogP contribution < -0.4 is 10.6 Å². The van der Waals surface area contributed by atoms with Gasteiger partial charge in [0.1, 0.15) is 0 Å². The van der Waals surface area contributed by atoms with Crippen LogP contribution in [0.3, 0.4) is 0 Å². The van der Waals surface area contributed by atoms with Gasteiger partial charge in [0.05, 0.1) is 17.6 Å². The van der Waals surface area contributed by atoms with Gasteiger partial charge in [-0.25, -0.2) is 0 Å². The number of aromatic nitrogens is 2. The summed E-state index contributed by atoms with van der Waals surface area (Å²) in [7, 11) is 0. The first-order valence-electron chi connectivity index (χ1n) is 7.19. The van der Waals surface area contributed by atoms with Crippen molar-refractivity contribution in [1.29, 1.82) is 0 Å². The SMILES string of the molecule is CC1NCCCC1NC(=O)Cc1[nH]nc2ccccc12.Cl. The second kappa shape index (κ2) is 6.91. The summed E-state index contributed by atoms with van der Waals surface area (Å²) in [6.07, 6.45) is 2.51. The van der Waals surface area contributed by atoms with Gasteiger partial charge in [0.25, 0.3) is 0 Å². The Labute approximate surface area is 130 Å². The molecule has 0 bridgehead atoms. The average molecular weight is 309 g/mol. The van der Waals surface area contributed by atoms with Crippen LogP contribution >= 0.6 is 12.4 Å². The van der Waals surface area contributed by atoms with Crippen LogP contribution in [-0.2, 0) is 11.2 Å². The number of amides is 1. The Morgan fingerprint density at radius 1 is 1.43 bits per heavy atom. The molecule has 6 heteroatoms. The van der Waals surface area contributed by atoms with E-state index < -0.39 is 0 Å². The third kappa shape index (κ3) is 3.54. The van der Waals surface area contributed by atoms with Crippen molar-refractivity contribution in [3.63, 3.8) is 0 Å². The smallest absolute Gasteiger partial charge is 0.226 e. The Bertz CT molecular complexity index is 612. The van der Waals surface area contributed by atoms with Gasteiger partial charge in [-0.1, -0.05) is 18.2 Å². The van der Waals surface area contributed by atoms with Crippen LogP contribution in [0.1, 0.15) is 25.5 Å². The lowest BCUT2D eigenvalue weighted by molar-refractivity contribution is -0.121. The summed E-state index contributed by atoms with van der Waals surface area (Å²) in [5.41, 5.74) is 1.79. The highest BCUT2D eigenvalue weighted by atomic mass is 35.5. The molecule has 1 fully saturated rings. The molecule has 5 nitrogen and oxygen atoms in total. The molecule has 1 aromatic carbocycles. The highest BCUT2D eigenvalue weighted by molar-refractivity contribution is 5.87. The second-order valence-corrected chi connectivity index (χ2v) is 5.46. The first-order valence-corrected chi connectivity index (χ1v) is 7.19. The maximum Gasteiger partial charge on any atom is 0.226 e. The zero-order valence-electron chi connectivity index (χ0n) is 12.1. The number of benzene rings is 1. The summed E-state index contributed by atoms with van der Waals surface area (Å²) in [6, 6.07) is 8.41. The number of aromatic amines is 1. The number of nitrogens with zero attached hydrogens (tertiary/aromatic N) is 1. The Morgan fingerprint density at radius 2 is 2.24 bits per heavy atom. The molecule has 1 aromatic heterocycles. The zero-order chi connectivity index (χ0) is 13.9. The molecule has 1 aliphatic rings. The maximum absolute atomic E-state index is 12.2. The van der Waals surface area contributed by atoms with Crippen LogP contribution in [0.5, 0.6) is 0 Å². The lowest BCUT2D eigenvalue weighted by Gasteiger charge is -2.30. The van der Waals surface area contributed by atoms with E-state index in [2.05, 4.69) is 27.8 Å². The van der Waals surface area contributed by atoms with Crippen molar-refractivity contribution in [3.8, 4) is 0 Å². The van der Waals surface area contributed by atoms with Gasteiger partial charge < -0.3 is 10.6 Å². The molecule has 0 spiro atoms. The number of rotatable bonds is 3. The molecule has 2 aromatic rings. The molecule has 1 saturated heterocycles. The summed E-state index contributed by atoms with van der Waals surface area (Å²) >= 11 is 0. The number of hydrogen-bond donors (Lipinski definition) is 3. The van der Waals surface area contributed by atoms with E-state index in [1.54, 1.807) is 0 Å². The number of hydrogen-bond acceptors (Lipinski definition) is 3. The minimum atomic E-state index is 0. The number of carbonyl (C=O) groups excluding carboxylic acids is 1. The molecule has 1 amide bonds. The number of fused-ring (bicyclic) bond motifs is 1. The second-order valence-electron chi connectivity index (χ2n) is 5.46. The van der Waals surface area contributed by atoms with E-state index in [0.717, 1.165) is 36.0 Å². The van der Waals surface area contributed by atoms with E-state index in [9.17, 15) is 4.79 Å². The fraction of sp³-hybridized carbons (Fsp3) is 0.467. The molecule has 2 heterocycles. The van der Waals surface area contributed by atoms with Crippen LogP contribution in [0.25, 0.3) is 10.9 Å². The molecule has 0 aliphatic carbocycles.